The second-order valence-electron chi connectivity index (χ2n) is 7.32. The maximum absolute atomic E-state index is 12.5. The monoisotopic (exact) mass is 359 g/mol. The van der Waals surface area contributed by atoms with Gasteiger partial charge < -0.3 is 9.47 Å². The average molecular weight is 359 g/mol. The van der Waals surface area contributed by atoms with E-state index in [2.05, 4.69) is 9.97 Å². The first-order valence-corrected chi connectivity index (χ1v) is 8.12. The number of nitrogens with zero attached hydrogens (tertiary/aromatic N) is 3. The van der Waals surface area contributed by atoms with Crippen molar-refractivity contribution in [1.82, 2.24) is 14.9 Å². The number of hydrogen-bond donors (Lipinski definition) is 0. The number of ether oxygens (including phenoxy) is 2. The second kappa shape index (κ2) is 6.03. The Morgan fingerprint density at radius 1 is 1.20 bits per heavy atom. The molecule has 3 atom stereocenters. The lowest BCUT2D eigenvalue weighted by Crippen LogP contribution is -2.42. The van der Waals surface area contributed by atoms with Crippen LogP contribution in [0.1, 0.15) is 45.7 Å². The standard InChI is InChI=1S/C16H20F3N3O3/c1-15(2,3)25-14(23)22-9-4-5-10(22)11(6-9)24-13-8-20-12(7-21-13)16(17,18)19/h7-11H,4-6H2,1-3H3. The minimum Gasteiger partial charge on any atom is -0.471 e. The number of alkyl halides is 3. The van der Waals surface area contributed by atoms with Gasteiger partial charge in [-0.25, -0.2) is 14.8 Å². The Bertz CT molecular complexity index is 643. The highest BCUT2D eigenvalue weighted by molar-refractivity contribution is 5.70. The zero-order valence-corrected chi connectivity index (χ0v) is 14.2. The molecule has 0 aliphatic carbocycles. The number of aromatic nitrogens is 2. The van der Waals surface area contributed by atoms with Crippen molar-refractivity contribution in [2.75, 3.05) is 0 Å². The van der Waals surface area contributed by atoms with E-state index in [1.165, 1.54) is 0 Å². The first kappa shape index (κ1) is 17.8. The van der Waals surface area contributed by atoms with Crippen molar-refractivity contribution in [2.45, 2.75) is 70.0 Å². The number of hydrogen-bond acceptors (Lipinski definition) is 5. The molecule has 0 N–H and O–H groups in total. The zero-order valence-electron chi connectivity index (χ0n) is 14.2. The number of carbonyl (C=O) groups is 1. The van der Waals surface area contributed by atoms with E-state index in [-0.39, 0.29) is 30.2 Å². The molecule has 0 radical (unpaired) electrons. The third-order valence-corrected chi connectivity index (χ3v) is 4.27. The molecule has 25 heavy (non-hydrogen) atoms. The van der Waals surface area contributed by atoms with E-state index < -0.39 is 17.5 Å². The molecule has 3 heterocycles. The molecule has 2 aliphatic heterocycles. The SMILES string of the molecule is CC(C)(C)OC(=O)N1C2CCC1C(Oc1cnc(C(F)(F)F)cn1)C2. The van der Waals surface area contributed by atoms with Crippen molar-refractivity contribution >= 4 is 6.09 Å². The summed E-state index contributed by atoms with van der Waals surface area (Å²) in [5, 5.41) is 0. The van der Waals surface area contributed by atoms with Crippen LogP contribution in [0.15, 0.2) is 12.4 Å². The van der Waals surface area contributed by atoms with Gasteiger partial charge >= 0.3 is 12.3 Å². The Labute approximate surface area is 143 Å². The van der Waals surface area contributed by atoms with Crippen molar-refractivity contribution in [1.29, 1.82) is 0 Å². The van der Waals surface area contributed by atoms with Gasteiger partial charge in [-0.3, -0.25) is 4.90 Å². The molecule has 1 amide bonds. The fraction of sp³-hybridized carbons (Fsp3) is 0.688. The van der Waals surface area contributed by atoms with E-state index >= 15 is 0 Å². The largest absolute Gasteiger partial charge is 0.471 e. The van der Waals surface area contributed by atoms with Gasteiger partial charge in [0.05, 0.1) is 18.4 Å². The highest BCUT2D eigenvalue weighted by atomic mass is 19.4. The summed E-state index contributed by atoms with van der Waals surface area (Å²) in [6.07, 6.45) is -1.40. The first-order valence-electron chi connectivity index (χ1n) is 8.12. The highest BCUT2D eigenvalue weighted by Crippen LogP contribution is 2.40. The van der Waals surface area contributed by atoms with Crippen LogP contribution in [-0.4, -0.2) is 44.7 Å². The predicted molar refractivity (Wildman–Crippen MR) is 81.0 cm³/mol. The third kappa shape index (κ3) is 3.80. The van der Waals surface area contributed by atoms with E-state index in [1.54, 1.807) is 25.7 Å². The lowest BCUT2D eigenvalue weighted by molar-refractivity contribution is -0.141. The Hall–Kier alpha value is -2.06. The summed E-state index contributed by atoms with van der Waals surface area (Å²) in [4.78, 5) is 21.1. The molecule has 2 aliphatic rings. The van der Waals surface area contributed by atoms with E-state index in [4.69, 9.17) is 9.47 Å². The summed E-state index contributed by atoms with van der Waals surface area (Å²) in [5.74, 6) is 0.0229. The van der Waals surface area contributed by atoms with Crippen molar-refractivity contribution in [3.05, 3.63) is 18.1 Å². The smallest absolute Gasteiger partial charge is 0.434 e. The topological polar surface area (TPSA) is 64.5 Å². The first-order chi connectivity index (χ1) is 11.5. The molecule has 138 valence electrons. The molecule has 2 bridgehead atoms. The summed E-state index contributed by atoms with van der Waals surface area (Å²) >= 11 is 0. The minimum absolute atomic E-state index is 0.0206. The molecular weight excluding hydrogens is 339 g/mol. The summed E-state index contributed by atoms with van der Waals surface area (Å²) in [5.41, 5.74) is -1.66. The maximum atomic E-state index is 12.5. The highest BCUT2D eigenvalue weighted by Gasteiger charge is 2.51. The number of fused-ring (bicyclic) bond motifs is 2. The molecule has 9 heteroatoms. The number of amides is 1. The number of halogens is 3. The average Bonchev–Trinajstić information content (AvgIpc) is 3.02. The van der Waals surface area contributed by atoms with Crippen LogP contribution < -0.4 is 4.74 Å². The molecule has 2 saturated heterocycles. The Morgan fingerprint density at radius 3 is 2.48 bits per heavy atom. The summed E-state index contributed by atoms with van der Waals surface area (Å²) in [6, 6.07) is -0.142. The molecule has 3 unspecified atom stereocenters. The lowest BCUT2D eigenvalue weighted by atomic mass is 9.98. The van der Waals surface area contributed by atoms with Crippen LogP contribution in [0.25, 0.3) is 0 Å². The van der Waals surface area contributed by atoms with Crippen molar-refractivity contribution < 1.29 is 27.4 Å². The van der Waals surface area contributed by atoms with Crippen LogP contribution in [0, 0.1) is 0 Å². The second-order valence-corrected chi connectivity index (χ2v) is 7.32. The van der Waals surface area contributed by atoms with Crippen LogP contribution in [0.5, 0.6) is 5.88 Å². The molecule has 6 nitrogen and oxygen atoms in total. The van der Waals surface area contributed by atoms with Crippen LogP contribution in [0.4, 0.5) is 18.0 Å². The zero-order chi connectivity index (χ0) is 18.4. The van der Waals surface area contributed by atoms with E-state index in [1.807, 2.05) is 0 Å². The molecular formula is C16H20F3N3O3. The van der Waals surface area contributed by atoms with E-state index in [9.17, 15) is 18.0 Å². The molecule has 0 saturated carbocycles. The van der Waals surface area contributed by atoms with Gasteiger partial charge in [-0.2, -0.15) is 13.2 Å². The lowest BCUT2D eigenvalue weighted by Gasteiger charge is -2.28. The Balaban J connectivity index is 1.66. The number of rotatable bonds is 2. The van der Waals surface area contributed by atoms with Crippen LogP contribution >= 0.6 is 0 Å². The molecule has 1 aromatic heterocycles. The van der Waals surface area contributed by atoms with E-state index in [0.717, 1.165) is 19.0 Å². The molecule has 0 aromatic carbocycles. The molecule has 0 spiro atoms. The van der Waals surface area contributed by atoms with Gasteiger partial charge in [0.1, 0.15) is 11.7 Å². The molecule has 1 aromatic rings. The van der Waals surface area contributed by atoms with Crippen molar-refractivity contribution in [3.8, 4) is 5.88 Å². The van der Waals surface area contributed by atoms with Crippen molar-refractivity contribution in [2.24, 2.45) is 0 Å². The molecule has 3 rings (SSSR count). The molecule has 2 fully saturated rings. The van der Waals surface area contributed by atoms with E-state index in [0.29, 0.717) is 12.6 Å². The van der Waals surface area contributed by atoms with Gasteiger partial charge in [-0.05, 0) is 33.6 Å². The Morgan fingerprint density at radius 2 is 1.92 bits per heavy atom. The van der Waals surface area contributed by atoms with Gasteiger partial charge in [0.15, 0.2) is 5.69 Å². The fourth-order valence-corrected chi connectivity index (χ4v) is 3.34. The van der Waals surface area contributed by atoms with Crippen LogP contribution in [-0.2, 0) is 10.9 Å². The van der Waals surface area contributed by atoms with Crippen LogP contribution in [0.2, 0.25) is 0 Å². The van der Waals surface area contributed by atoms with Gasteiger partial charge in [0.2, 0.25) is 5.88 Å². The van der Waals surface area contributed by atoms with Crippen LogP contribution in [0.3, 0.4) is 0 Å². The van der Waals surface area contributed by atoms with Gasteiger partial charge in [-0.15, -0.1) is 0 Å². The predicted octanol–water partition coefficient (Wildman–Crippen LogP) is 3.41. The fourth-order valence-electron chi connectivity index (χ4n) is 3.34. The quantitative estimate of drug-likeness (QED) is 0.810. The number of carbonyl (C=O) groups excluding carboxylic acids is 1. The third-order valence-electron chi connectivity index (χ3n) is 4.27. The maximum Gasteiger partial charge on any atom is 0.434 e. The normalized spacial score (nSPS) is 26.0. The van der Waals surface area contributed by atoms with Gasteiger partial charge in [0, 0.05) is 12.5 Å². The van der Waals surface area contributed by atoms with Crippen molar-refractivity contribution in [3.63, 3.8) is 0 Å². The Kier molecular flexibility index (Phi) is 4.28. The summed E-state index contributed by atoms with van der Waals surface area (Å²) in [7, 11) is 0. The summed E-state index contributed by atoms with van der Waals surface area (Å²) < 4.78 is 48.7. The minimum atomic E-state index is -4.54. The summed E-state index contributed by atoms with van der Waals surface area (Å²) in [6.45, 7) is 5.40. The van der Waals surface area contributed by atoms with Gasteiger partial charge in [-0.1, -0.05) is 0 Å². The van der Waals surface area contributed by atoms with Gasteiger partial charge in [0.25, 0.3) is 0 Å².